The Kier molecular flexibility index (Phi) is 3.20. The Morgan fingerprint density at radius 3 is 2.83 bits per heavy atom. The molecule has 0 aliphatic heterocycles. The van der Waals surface area contributed by atoms with Gasteiger partial charge in [-0.25, -0.2) is 4.98 Å². The molecule has 3 N–H and O–H groups in total. The van der Waals surface area contributed by atoms with E-state index in [1.54, 1.807) is 17.4 Å². The minimum atomic E-state index is -0.427. The van der Waals surface area contributed by atoms with E-state index in [2.05, 4.69) is 27.5 Å². The molecule has 3 aromatic heterocycles. The number of nitrogens with two attached hydrogens (primary N) is 1. The van der Waals surface area contributed by atoms with Crippen LogP contribution >= 0.6 is 11.3 Å². The minimum Gasteiger partial charge on any atom is -0.366 e. The molecule has 0 atom stereocenters. The summed E-state index contributed by atoms with van der Waals surface area (Å²) in [5, 5.41) is 5.17. The Labute approximate surface area is 136 Å². The van der Waals surface area contributed by atoms with Crippen molar-refractivity contribution < 1.29 is 4.79 Å². The van der Waals surface area contributed by atoms with Gasteiger partial charge in [0.2, 0.25) is 5.91 Å². The highest BCUT2D eigenvalue weighted by atomic mass is 32.1. The third-order valence-electron chi connectivity index (χ3n) is 3.84. The van der Waals surface area contributed by atoms with Gasteiger partial charge in [-0.05, 0) is 46.2 Å². The molecule has 1 aromatic carbocycles. The minimum absolute atomic E-state index is 0.427. The molecule has 0 unspecified atom stereocenters. The van der Waals surface area contributed by atoms with Crippen LogP contribution in [0, 0.1) is 0 Å². The lowest BCUT2D eigenvalue weighted by Gasteiger charge is -2.03. The average Bonchev–Trinajstić information content (AvgIpc) is 3.24. The number of thiophene rings is 1. The van der Waals surface area contributed by atoms with Gasteiger partial charge in [0, 0.05) is 34.5 Å². The monoisotopic (exact) mass is 319 g/mol. The first kappa shape index (κ1) is 13.7. The van der Waals surface area contributed by atoms with Crippen molar-refractivity contribution >= 4 is 28.3 Å². The predicted molar refractivity (Wildman–Crippen MR) is 93.4 cm³/mol. The van der Waals surface area contributed by atoms with Crippen LogP contribution in [0.3, 0.4) is 0 Å². The van der Waals surface area contributed by atoms with Crippen molar-refractivity contribution in [2.75, 3.05) is 0 Å². The van der Waals surface area contributed by atoms with Crippen LogP contribution in [0.15, 0.2) is 59.6 Å². The Balaban J connectivity index is 1.89. The van der Waals surface area contributed by atoms with Gasteiger partial charge >= 0.3 is 0 Å². The number of aromatic amines is 1. The van der Waals surface area contributed by atoms with Crippen LogP contribution in [-0.4, -0.2) is 15.9 Å². The van der Waals surface area contributed by atoms with Crippen LogP contribution in [-0.2, 0) is 0 Å². The molecule has 4 aromatic rings. The van der Waals surface area contributed by atoms with Gasteiger partial charge in [0.1, 0.15) is 5.65 Å². The first-order chi connectivity index (χ1) is 11.2. The number of carbonyl (C=O) groups excluding carboxylic acids is 1. The summed E-state index contributed by atoms with van der Waals surface area (Å²) < 4.78 is 0. The maximum Gasteiger partial charge on any atom is 0.248 e. The molecule has 3 heterocycles. The van der Waals surface area contributed by atoms with Crippen molar-refractivity contribution in [1.29, 1.82) is 0 Å². The second-order valence-corrected chi connectivity index (χ2v) is 6.06. The van der Waals surface area contributed by atoms with Crippen LogP contribution in [0.2, 0.25) is 0 Å². The number of nitrogens with one attached hydrogen (secondary N) is 1. The number of H-pyrrole nitrogens is 1. The zero-order valence-corrected chi connectivity index (χ0v) is 12.9. The van der Waals surface area contributed by atoms with Gasteiger partial charge in [-0.3, -0.25) is 4.79 Å². The summed E-state index contributed by atoms with van der Waals surface area (Å²) >= 11 is 1.66. The van der Waals surface area contributed by atoms with Gasteiger partial charge in [-0.1, -0.05) is 12.1 Å². The summed E-state index contributed by atoms with van der Waals surface area (Å²) in [7, 11) is 0. The van der Waals surface area contributed by atoms with Crippen molar-refractivity contribution in [2.45, 2.75) is 0 Å². The Hall–Kier alpha value is -2.92. The fourth-order valence-electron chi connectivity index (χ4n) is 2.67. The number of benzene rings is 1. The van der Waals surface area contributed by atoms with Gasteiger partial charge < -0.3 is 10.7 Å². The highest BCUT2D eigenvalue weighted by molar-refractivity contribution is 7.08. The molecular weight excluding hydrogens is 306 g/mol. The maximum absolute atomic E-state index is 11.4. The second kappa shape index (κ2) is 5.37. The van der Waals surface area contributed by atoms with E-state index in [0.717, 1.165) is 33.3 Å². The molecule has 1 amide bonds. The fourth-order valence-corrected chi connectivity index (χ4v) is 3.33. The van der Waals surface area contributed by atoms with Gasteiger partial charge in [-0.15, -0.1) is 0 Å². The number of primary amides is 1. The molecule has 5 heteroatoms. The number of amides is 1. The SMILES string of the molecule is NC(=O)c1cccc(-c2c[nH]c3ncc(-c4ccsc4)cc23)c1. The number of hydrogen-bond donors (Lipinski definition) is 2. The zero-order chi connectivity index (χ0) is 15.8. The quantitative estimate of drug-likeness (QED) is 0.598. The lowest BCUT2D eigenvalue weighted by atomic mass is 10.0. The third kappa shape index (κ3) is 2.41. The molecule has 0 bridgehead atoms. The lowest BCUT2D eigenvalue weighted by Crippen LogP contribution is -2.10. The molecule has 0 spiro atoms. The van der Waals surface area contributed by atoms with Crippen LogP contribution in [0.1, 0.15) is 10.4 Å². The number of hydrogen-bond acceptors (Lipinski definition) is 3. The normalized spacial score (nSPS) is 11.0. The van der Waals surface area contributed by atoms with E-state index in [1.165, 1.54) is 0 Å². The second-order valence-electron chi connectivity index (χ2n) is 5.28. The van der Waals surface area contributed by atoms with Gasteiger partial charge in [0.15, 0.2) is 0 Å². The Morgan fingerprint density at radius 1 is 1.13 bits per heavy atom. The topological polar surface area (TPSA) is 71.8 Å². The van der Waals surface area contributed by atoms with Crippen LogP contribution in [0.4, 0.5) is 0 Å². The first-order valence-corrected chi connectivity index (χ1v) is 8.06. The molecule has 23 heavy (non-hydrogen) atoms. The predicted octanol–water partition coefficient (Wildman–Crippen LogP) is 4.06. The standard InChI is InChI=1S/C18H13N3OS/c19-17(22)12-3-1-2-11(6-12)16-9-21-18-15(16)7-14(8-20-18)13-4-5-23-10-13/h1-10H,(H2,19,22)(H,20,21). The molecule has 0 fully saturated rings. The smallest absolute Gasteiger partial charge is 0.248 e. The average molecular weight is 319 g/mol. The van der Waals surface area contributed by atoms with Crippen molar-refractivity contribution in [3.05, 3.63) is 65.1 Å². The summed E-state index contributed by atoms with van der Waals surface area (Å²) in [5.74, 6) is -0.427. The summed E-state index contributed by atoms with van der Waals surface area (Å²) in [5.41, 5.74) is 10.9. The van der Waals surface area contributed by atoms with Crippen molar-refractivity contribution in [2.24, 2.45) is 5.73 Å². The number of pyridine rings is 1. The highest BCUT2D eigenvalue weighted by Crippen LogP contribution is 2.31. The van der Waals surface area contributed by atoms with Gasteiger partial charge in [-0.2, -0.15) is 11.3 Å². The van der Waals surface area contributed by atoms with Crippen molar-refractivity contribution in [3.8, 4) is 22.3 Å². The Bertz CT molecular complexity index is 1000. The van der Waals surface area contributed by atoms with Crippen LogP contribution in [0.5, 0.6) is 0 Å². The maximum atomic E-state index is 11.4. The summed E-state index contributed by atoms with van der Waals surface area (Å²) in [6.45, 7) is 0. The van der Waals surface area contributed by atoms with Crippen molar-refractivity contribution in [3.63, 3.8) is 0 Å². The molecule has 0 saturated carbocycles. The number of carbonyl (C=O) groups is 1. The van der Waals surface area contributed by atoms with E-state index in [1.807, 2.05) is 36.0 Å². The summed E-state index contributed by atoms with van der Waals surface area (Å²) in [4.78, 5) is 19.1. The molecule has 0 radical (unpaired) electrons. The molecule has 4 nitrogen and oxygen atoms in total. The molecule has 0 aliphatic rings. The molecule has 0 aliphatic carbocycles. The van der Waals surface area contributed by atoms with E-state index in [0.29, 0.717) is 5.56 Å². The van der Waals surface area contributed by atoms with Gasteiger partial charge in [0.25, 0.3) is 0 Å². The summed E-state index contributed by atoms with van der Waals surface area (Å²) in [6.07, 6.45) is 3.78. The third-order valence-corrected chi connectivity index (χ3v) is 4.53. The largest absolute Gasteiger partial charge is 0.366 e. The number of nitrogens with zero attached hydrogens (tertiary/aromatic N) is 1. The van der Waals surface area contributed by atoms with Crippen molar-refractivity contribution in [1.82, 2.24) is 9.97 Å². The molecule has 112 valence electrons. The highest BCUT2D eigenvalue weighted by Gasteiger charge is 2.10. The number of aromatic nitrogens is 2. The van der Waals surface area contributed by atoms with Crippen LogP contribution < -0.4 is 5.73 Å². The molecular formula is C18H13N3OS. The zero-order valence-electron chi connectivity index (χ0n) is 12.1. The van der Waals surface area contributed by atoms with E-state index in [4.69, 9.17) is 5.73 Å². The fraction of sp³-hybridized carbons (Fsp3) is 0. The molecule has 0 saturated heterocycles. The van der Waals surface area contributed by atoms with E-state index in [9.17, 15) is 4.79 Å². The lowest BCUT2D eigenvalue weighted by molar-refractivity contribution is 0.100. The van der Waals surface area contributed by atoms with E-state index in [-0.39, 0.29) is 0 Å². The first-order valence-electron chi connectivity index (χ1n) is 7.12. The Morgan fingerprint density at radius 2 is 2.04 bits per heavy atom. The van der Waals surface area contributed by atoms with Gasteiger partial charge in [0.05, 0.1) is 0 Å². The number of rotatable bonds is 3. The van der Waals surface area contributed by atoms with Crippen LogP contribution in [0.25, 0.3) is 33.3 Å². The summed E-state index contributed by atoms with van der Waals surface area (Å²) in [6, 6.07) is 11.5. The van der Waals surface area contributed by atoms with E-state index >= 15 is 0 Å². The number of fused-ring (bicyclic) bond motifs is 1. The van der Waals surface area contributed by atoms with E-state index < -0.39 is 5.91 Å². The molecule has 4 rings (SSSR count).